The van der Waals surface area contributed by atoms with Gasteiger partial charge < -0.3 is 14.8 Å². The summed E-state index contributed by atoms with van der Waals surface area (Å²) in [5.41, 5.74) is 0.241. The molecule has 9 heteroatoms. The van der Waals surface area contributed by atoms with Gasteiger partial charge in [-0.3, -0.25) is 0 Å². The molecule has 1 aromatic rings. The molecule has 0 radical (unpaired) electrons. The maximum absolute atomic E-state index is 12.2. The summed E-state index contributed by atoms with van der Waals surface area (Å²) in [5, 5.41) is 2.67. The van der Waals surface area contributed by atoms with E-state index in [1.165, 1.54) is 18.2 Å². The number of ether oxygens (including phenoxy) is 2. The molecule has 21 heavy (non-hydrogen) atoms. The van der Waals surface area contributed by atoms with Crippen LogP contribution in [0.15, 0.2) is 24.3 Å². The Morgan fingerprint density at radius 2 is 1.67 bits per heavy atom. The molecule has 0 bridgehead atoms. The lowest BCUT2D eigenvalue weighted by molar-refractivity contribution is -0.274. The second kappa shape index (κ2) is 7.51. The van der Waals surface area contributed by atoms with Crippen molar-refractivity contribution in [3.63, 3.8) is 0 Å². The molecule has 1 aromatic carbocycles. The number of para-hydroxylation sites is 1. The highest BCUT2D eigenvalue weighted by Crippen LogP contribution is 2.25. The van der Waals surface area contributed by atoms with Crippen LogP contribution < -0.4 is 10.1 Å². The number of hydrogen-bond donors (Lipinski definition) is 1. The Morgan fingerprint density at radius 3 is 2.29 bits per heavy atom. The van der Waals surface area contributed by atoms with Gasteiger partial charge in [0.15, 0.2) is 0 Å². The minimum absolute atomic E-state index is 0.0155. The van der Waals surface area contributed by atoms with Crippen molar-refractivity contribution >= 4 is 0 Å². The van der Waals surface area contributed by atoms with E-state index in [1.807, 2.05) is 0 Å². The normalized spacial score (nSPS) is 12.5. The number of rotatable bonds is 7. The highest BCUT2D eigenvalue weighted by Gasteiger charge is 2.31. The van der Waals surface area contributed by atoms with Crippen molar-refractivity contribution in [2.75, 3.05) is 19.8 Å². The molecule has 3 nitrogen and oxygen atoms in total. The zero-order valence-corrected chi connectivity index (χ0v) is 10.7. The molecule has 120 valence electrons. The zero-order valence-electron chi connectivity index (χ0n) is 10.7. The summed E-state index contributed by atoms with van der Waals surface area (Å²) < 4.78 is 80.0. The van der Waals surface area contributed by atoms with Gasteiger partial charge in [-0.15, -0.1) is 13.2 Å². The van der Waals surface area contributed by atoms with Gasteiger partial charge in [0.25, 0.3) is 0 Å². The van der Waals surface area contributed by atoms with Gasteiger partial charge in [-0.25, -0.2) is 0 Å². The van der Waals surface area contributed by atoms with Crippen LogP contribution in [0.2, 0.25) is 0 Å². The van der Waals surface area contributed by atoms with Crippen LogP contribution in [0.4, 0.5) is 26.3 Å². The van der Waals surface area contributed by atoms with Gasteiger partial charge >= 0.3 is 12.5 Å². The summed E-state index contributed by atoms with van der Waals surface area (Å²) in [6.07, 6.45) is -9.20. The van der Waals surface area contributed by atoms with Crippen LogP contribution >= 0.6 is 0 Å². The van der Waals surface area contributed by atoms with Crippen LogP contribution in [0.3, 0.4) is 0 Å². The van der Waals surface area contributed by atoms with E-state index in [2.05, 4.69) is 14.8 Å². The number of hydrogen-bond acceptors (Lipinski definition) is 3. The summed E-state index contributed by atoms with van der Waals surface area (Å²) >= 11 is 0. The molecule has 0 spiro atoms. The monoisotopic (exact) mass is 317 g/mol. The van der Waals surface area contributed by atoms with Crippen LogP contribution in [-0.2, 0) is 11.3 Å². The van der Waals surface area contributed by atoms with Crippen LogP contribution in [-0.4, -0.2) is 32.3 Å². The van der Waals surface area contributed by atoms with E-state index in [0.717, 1.165) is 6.07 Å². The maximum Gasteiger partial charge on any atom is 0.573 e. The molecule has 0 saturated carbocycles. The lowest BCUT2D eigenvalue weighted by atomic mass is 10.2. The van der Waals surface area contributed by atoms with E-state index in [9.17, 15) is 26.3 Å². The van der Waals surface area contributed by atoms with Crippen molar-refractivity contribution in [1.82, 2.24) is 5.32 Å². The Balaban J connectivity index is 2.35. The molecule has 0 amide bonds. The lowest BCUT2D eigenvalue weighted by Crippen LogP contribution is -2.24. The second-order valence-electron chi connectivity index (χ2n) is 4.00. The number of alkyl halides is 6. The standard InChI is InChI=1S/C12H13F6NO2/c13-11(14,15)8-20-6-5-19-7-9-3-1-2-4-10(9)21-12(16,17)18/h1-4,19H,5-8H2. The SMILES string of the molecule is FC(F)(F)COCCNCc1ccccc1OC(F)(F)F. The topological polar surface area (TPSA) is 30.5 Å². The fourth-order valence-electron chi connectivity index (χ4n) is 1.43. The Labute approximate surface area is 116 Å². The predicted molar refractivity (Wildman–Crippen MR) is 61.7 cm³/mol. The number of halogens is 6. The Kier molecular flexibility index (Phi) is 6.28. The highest BCUT2D eigenvalue weighted by atomic mass is 19.4. The maximum atomic E-state index is 12.2. The smallest absolute Gasteiger partial charge is 0.405 e. The molecular weight excluding hydrogens is 304 g/mol. The van der Waals surface area contributed by atoms with Crippen molar-refractivity contribution in [2.45, 2.75) is 19.1 Å². The summed E-state index contributed by atoms with van der Waals surface area (Å²) in [7, 11) is 0. The first-order valence-corrected chi connectivity index (χ1v) is 5.86. The van der Waals surface area contributed by atoms with Crippen LogP contribution in [0.1, 0.15) is 5.56 Å². The van der Waals surface area contributed by atoms with Crippen LogP contribution in [0, 0.1) is 0 Å². The minimum Gasteiger partial charge on any atom is -0.405 e. The first-order valence-electron chi connectivity index (χ1n) is 5.86. The minimum atomic E-state index is -4.80. The van der Waals surface area contributed by atoms with Crippen LogP contribution in [0.25, 0.3) is 0 Å². The van der Waals surface area contributed by atoms with Gasteiger partial charge in [0.1, 0.15) is 12.4 Å². The average molecular weight is 317 g/mol. The third-order valence-electron chi connectivity index (χ3n) is 2.20. The first-order chi connectivity index (χ1) is 9.67. The Hall–Kier alpha value is -1.48. The Morgan fingerprint density at radius 1 is 1.00 bits per heavy atom. The highest BCUT2D eigenvalue weighted by molar-refractivity contribution is 5.33. The molecule has 0 aliphatic heterocycles. The first kappa shape index (κ1) is 17.6. The molecule has 0 fully saturated rings. The van der Waals surface area contributed by atoms with Crippen LogP contribution in [0.5, 0.6) is 5.75 Å². The van der Waals surface area contributed by atoms with E-state index < -0.39 is 19.1 Å². The largest absolute Gasteiger partial charge is 0.573 e. The fourth-order valence-corrected chi connectivity index (χ4v) is 1.43. The Bertz CT molecular complexity index is 432. The molecule has 0 heterocycles. The van der Waals surface area contributed by atoms with E-state index in [1.54, 1.807) is 0 Å². The molecule has 0 aromatic heterocycles. The lowest BCUT2D eigenvalue weighted by Gasteiger charge is -2.13. The number of nitrogens with one attached hydrogen (secondary N) is 1. The molecule has 0 aliphatic rings. The van der Waals surface area contributed by atoms with Crippen molar-refractivity contribution < 1.29 is 35.8 Å². The van der Waals surface area contributed by atoms with Gasteiger partial charge in [-0.2, -0.15) is 13.2 Å². The van der Waals surface area contributed by atoms with Gasteiger partial charge in [-0.1, -0.05) is 18.2 Å². The molecule has 0 saturated heterocycles. The van der Waals surface area contributed by atoms with E-state index in [4.69, 9.17) is 0 Å². The molecule has 1 rings (SSSR count). The predicted octanol–water partition coefficient (Wildman–Crippen LogP) is 3.25. The summed E-state index contributed by atoms with van der Waals surface area (Å²) in [6.45, 7) is -1.48. The van der Waals surface area contributed by atoms with Crippen molar-refractivity contribution in [3.05, 3.63) is 29.8 Å². The van der Waals surface area contributed by atoms with Gasteiger partial charge in [-0.05, 0) is 6.07 Å². The quantitative estimate of drug-likeness (QED) is 0.618. The third kappa shape index (κ3) is 8.41. The van der Waals surface area contributed by atoms with E-state index in [-0.39, 0.29) is 31.0 Å². The molecule has 0 atom stereocenters. The van der Waals surface area contributed by atoms with Gasteiger partial charge in [0, 0.05) is 18.7 Å². The number of benzene rings is 1. The second-order valence-corrected chi connectivity index (χ2v) is 4.00. The fraction of sp³-hybridized carbons (Fsp3) is 0.500. The van der Waals surface area contributed by atoms with E-state index in [0.29, 0.717) is 0 Å². The van der Waals surface area contributed by atoms with Crippen molar-refractivity contribution in [2.24, 2.45) is 0 Å². The molecular formula is C12H13F6NO2. The zero-order chi connectivity index (χ0) is 15.9. The summed E-state index contributed by atoms with van der Waals surface area (Å²) in [4.78, 5) is 0. The molecule has 1 N–H and O–H groups in total. The van der Waals surface area contributed by atoms with Gasteiger partial charge in [0.05, 0.1) is 6.61 Å². The third-order valence-corrected chi connectivity index (χ3v) is 2.20. The molecule has 0 aliphatic carbocycles. The average Bonchev–Trinajstić information content (AvgIpc) is 2.32. The summed E-state index contributed by atoms with van der Waals surface area (Å²) in [6, 6.07) is 5.49. The summed E-state index contributed by atoms with van der Waals surface area (Å²) in [5.74, 6) is -0.353. The van der Waals surface area contributed by atoms with Crippen molar-refractivity contribution in [3.8, 4) is 5.75 Å². The van der Waals surface area contributed by atoms with E-state index >= 15 is 0 Å². The molecule has 0 unspecified atom stereocenters. The van der Waals surface area contributed by atoms with Crippen molar-refractivity contribution in [1.29, 1.82) is 0 Å². The van der Waals surface area contributed by atoms with Gasteiger partial charge in [0.2, 0.25) is 0 Å².